The molecule has 1 N–H and O–H groups in total. The van der Waals surface area contributed by atoms with E-state index in [1.165, 1.54) is 12.3 Å². The summed E-state index contributed by atoms with van der Waals surface area (Å²) in [6.45, 7) is 1.81. The molecule has 0 bridgehead atoms. The van der Waals surface area contributed by atoms with E-state index in [9.17, 15) is 8.78 Å². The van der Waals surface area contributed by atoms with Gasteiger partial charge in [0.25, 0.3) is 0 Å². The summed E-state index contributed by atoms with van der Waals surface area (Å²) >= 11 is 0. The maximum absolute atomic E-state index is 13.1. The number of rotatable bonds is 3. The Hall–Kier alpha value is -2.48. The fraction of sp³-hybridized carbons (Fsp3) is 0.143. The number of nitriles is 1. The van der Waals surface area contributed by atoms with Crippen LogP contribution in [0.5, 0.6) is 0 Å². The fourth-order valence-electron chi connectivity index (χ4n) is 1.63. The quantitative estimate of drug-likeness (QED) is 0.918. The number of halogens is 2. The van der Waals surface area contributed by atoms with Gasteiger partial charge in [-0.15, -0.1) is 0 Å². The first-order valence-electron chi connectivity index (χ1n) is 5.68. The van der Waals surface area contributed by atoms with Crippen molar-refractivity contribution < 1.29 is 8.78 Å². The number of hydrogen-bond donors (Lipinski definition) is 1. The Labute approximate surface area is 109 Å². The first-order chi connectivity index (χ1) is 9.10. The van der Waals surface area contributed by atoms with Gasteiger partial charge in [-0.25, -0.2) is 13.8 Å². The molecule has 19 heavy (non-hydrogen) atoms. The van der Waals surface area contributed by atoms with Crippen LogP contribution in [0.15, 0.2) is 36.5 Å². The summed E-state index contributed by atoms with van der Waals surface area (Å²) in [6, 6.07) is 8.79. The van der Waals surface area contributed by atoms with Gasteiger partial charge in [-0.3, -0.25) is 0 Å². The van der Waals surface area contributed by atoms with Crippen molar-refractivity contribution in [2.24, 2.45) is 0 Å². The van der Waals surface area contributed by atoms with E-state index in [1.54, 1.807) is 12.1 Å². The summed E-state index contributed by atoms with van der Waals surface area (Å²) in [5.41, 5.74) is 1.08. The van der Waals surface area contributed by atoms with Gasteiger partial charge in [-0.05, 0) is 36.8 Å². The molecule has 0 aliphatic carbocycles. The third-order valence-corrected chi connectivity index (χ3v) is 2.70. The first-order valence-corrected chi connectivity index (χ1v) is 5.68. The molecule has 0 aliphatic rings. The minimum atomic E-state index is -0.876. The zero-order valence-electron chi connectivity index (χ0n) is 10.2. The lowest BCUT2D eigenvalue weighted by Gasteiger charge is -2.15. The fourth-order valence-corrected chi connectivity index (χ4v) is 1.63. The number of anilines is 1. The number of aromatic nitrogens is 1. The van der Waals surface area contributed by atoms with Gasteiger partial charge in [-0.2, -0.15) is 5.26 Å². The average Bonchev–Trinajstić information content (AvgIpc) is 2.42. The number of hydrogen-bond acceptors (Lipinski definition) is 3. The largest absolute Gasteiger partial charge is 0.364 e. The molecule has 1 aromatic carbocycles. The van der Waals surface area contributed by atoms with Crippen LogP contribution in [0.1, 0.15) is 24.1 Å². The lowest BCUT2D eigenvalue weighted by atomic mass is 10.1. The lowest BCUT2D eigenvalue weighted by Crippen LogP contribution is -2.08. The molecule has 1 atom stereocenters. The molecule has 0 saturated carbocycles. The van der Waals surface area contributed by atoms with Crippen LogP contribution in [0.4, 0.5) is 14.6 Å². The summed E-state index contributed by atoms with van der Waals surface area (Å²) in [5, 5.41) is 11.7. The highest BCUT2D eigenvalue weighted by Gasteiger charge is 2.09. The van der Waals surface area contributed by atoms with E-state index in [-0.39, 0.29) is 6.04 Å². The maximum Gasteiger partial charge on any atom is 0.159 e. The molecule has 1 heterocycles. The van der Waals surface area contributed by atoms with Gasteiger partial charge < -0.3 is 5.32 Å². The van der Waals surface area contributed by atoms with Gasteiger partial charge in [0, 0.05) is 6.20 Å². The highest BCUT2D eigenvalue weighted by atomic mass is 19.2. The summed E-state index contributed by atoms with van der Waals surface area (Å²) in [7, 11) is 0. The van der Waals surface area contributed by atoms with Gasteiger partial charge in [0.1, 0.15) is 11.9 Å². The number of pyridine rings is 1. The summed E-state index contributed by atoms with van der Waals surface area (Å²) in [5.74, 6) is -1.18. The maximum atomic E-state index is 13.1. The summed E-state index contributed by atoms with van der Waals surface area (Å²) in [4.78, 5) is 4.05. The van der Waals surface area contributed by atoms with Gasteiger partial charge in [0.05, 0.1) is 11.6 Å². The van der Waals surface area contributed by atoms with Crippen LogP contribution < -0.4 is 5.32 Å². The van der Waals surface area contributed by atoms with Crippen molar-refractivity contribution >= 4 is 5.82 Å². The van der Waals surface area contributed by atoms with Crippen molar-refractivity contribution in [3.05, 3.63) is 59.3 Å². The van der Waals surface area contributed by atoms with E-state index in [0.29, 0.717) is 16.9 Å². The molecule has 0 aliphatic heterocycles. The van der Waals surface area contributed by atoms with Gasteiger partial charge in [-0.1, -0.05) is 6.07 Å². The molecule has 2 aromatic rings. The van der Waals surface area contributed by atoms with E-state index in [2.05, 4.69) is 10.3 Å². The molecule has 1 unspecified atom stereocenters. The standard InChI is InChI=1S/C14H11F2N3/c1-9(11-3-4-12(15)13(16)6-11)19-14-5-2-10(7-17)8-18-14/h2-6,8-9H,1H3,(H,18,19). The Bertz CT molecular complexity index is 618. The highest BCUT2D eigenvalue weighted by molar-refractivity contribution is 5.41. The molecule has 1 aromatic heterocycles. The first kappa shape index (κ1) is 13.0. The van der Waals surface area contributed by atoms with Crippen molar-refractivity contribution in [3.8, 4) is 6.07 Å². The third-order valence-electron chi connectivity index (χ3n) is 2.70. The second-order valence-corrected chi connectivity index (χ2v) is 4.08. The van der Waals surface area contributed by atoms with Crippen LogP contribution >= 0.6 is 0 Å². The molecule has 3 nitrogen and oxygen atoms in total. The Morgan fingerprint density at radius 1 is 1.21 bits per heavy atom. The van der Waals surface area contributed by atoms with Crippen LogP contribution in [0.3, 0.4) is 0 Å². The predicted octanol–water partition coefficient (Wildman–Crippen LogP) is 3.40. The minimum Gasteiger partial charge on any atom is -0.364 e. The normalized spacial score (nSPS) is 11.7. The van der Waals surface area contributed by atoms with Crippen molar-refractivity contribution in [2.45, 2.75) is 13.0 Å². The van der Waals surface area contributed by atoms with Crippen molar-refractivity contribution in [2.75, 3.05) is 5.32 Å². The van der Waals surface area contributed by atoms with Gasteiger partial charge in [0.15, 0.2) is 11.6 Å². The van der Waals surface area contributed by atoms with E-state index in [4.69, 9.17) is 5.26 Å². The van der Waals surface area contributed by atoms with Crippen molar-refractivity contribution in [3.63, 3.8) is 0 Å². The zero-order valence-corrected chi connectivity index (χ0v) is 10.2. The Morgan fingerprint density at radius 3 is 2.58 bits per heavy atom. The zero-order chi connectivity index (χ0) is 13.8. The smallest absolute Gasteiger partial charge is 0.159 e. The Morgan fingerprint density at radius 2 is 2.00 bits per heavy atom. The number of nitrogens with zero attached hydrogens (tertiary/aromatic N) is 2. The average molecular weight is 259 g/mol. The predicted molar refractivity (Wildman–Crippen MR) is 67.3 cm³/mol. The van der Waals surface area contributed by atoms with Crippen molar-refractivity contribution in [1.82, 2.24) is 4.98 Å². The molecule has 0 amide bonds. The minimum absolute atomic E-state index is 0.226. The summed E-state index contributed by atoms with van der Waals surface area (Å²) in [6.07, 6.45) is 1.44. The van der Waals surface area contributed by atoms with Gasteiger partial charge in [0.2, 0.25) is 0 Å². The molecule has 2 rings (SSSR count). The van der Waals surface area contributed by atoms with E-state index in [1.807, 2.05) is 13.0 Å². The summed E-state index contributed by atoms with van der Waals surface area (Å²) < 4.78 is 26.0. The van der Waals surface area contributed by atoms with E-state index < -0.39 is 11.6 Å². The monoisotopic (exact) mass is 259 g/mol. The van der Waals surface area contributed by atoms with E-state index >= 15 is 0 Å². The number of nitrogens with one attached hydrogen (secondary N) is 1. The molecule has 5 heteroatoms. The highest BCUT2D eigenvalue weighted by Crippen LogP contribution is 2.19. The van der Waals surface area contributed by atoms with Crippen LogP contribution in [0.25, 0.3) is 0 Å². The van der Waals surface area contributed by atoms with Crippen LogP contribution in [-0.2, 0) is 0 Å². The van der Waals surface area contributed by atoms with Crippen LogP contribution in [0, 0.1) is 23.0 Å². The van der Waals surface area contributed by atoms with Crippen LogP contribution in [-0.4, -0.2) is 4.98 Å². The Kier molecular flexibility index (Phi) is 3.71. The van der Waals surface area contributed by atoms with Gasteiger partial charge >= 0.3 is 0 Å². The molecule has 0 radical (unpaired) electrons. The lowest BCUT2D eigenvalue weighted by molar-refractivity contribution is 0.506. The van der Waals surface area contributed by atoms with E-state index in [0.717, 1.165) is 12.1 Å². The Balaban J connectivity index is 2.13. The number of benzene rings is 1. The SMILES string of the molecule is CC(Nc1ccc(C#N)cn1)c1ccc(F)c(F)c1. The molecular formula is C14H11F2N3. The molecule has 0 saturated heterocycles. The second-order valence-electron chi connectivity index (χ2n) is 4.08. The third kappa shape index (κ3) is 3.05. The second kappa shape index (κ2) is 5.44. The molecule has 0 fully saturated rings. The molecular weight excluding hydrogens is 248 g/mol. The van der Waals surface area contributed by atoms with Crippen LogP contribution in [0.2, 0.25) is 0 Å². The topological polar surface area (TPSA) is 48.7 Å². The van der Waals surface area contributed by atoms with Crippen molar-refractivity contribution in [1.29, 1.82) is 5.26 Å². The molecule has 96 valence electrons. The molecule has 0 spiro atoms.